The van der Waals surface area contributed by atoms with Crippen LogP contribution in [0.25, 0.3) is 0 Å². The lowest BCUT2D eigenvalue weighted by molar-refractivity contribution is 0.152. The molecular formula is C12H17NO3. The van der Waals surface area contributed by atoms with E-state index >= 15 is 0 Å². The maximum atomic E-state index is 9.35. The lowest BCUT2D eigenvalue weighted by Crippen LogP contribution is -2.34. The highest BCUT2D eigenvalue weighted by Gasteiger charge is 2.13. The third-order valence-electron chi connectivity index (χ3n) is 2.79. The van der Waals surface area contributed by atoms with E-state index in [1.54, 1.807) is 6.92 Å². The molecule has 2 rings (SSSR count). The van der Waals surface area contributed by atoms with Gasteiger partial charge >= 0.3 is 0 Å². The van der Waals surface area contributed by atoms with Gasteiger partial charge in [-0.2, -0.15) is 0 Å². The van der Waals surface area contributed by atoms with Crippen molar-refractivity contribution in [3.05, 3.63) is 23.8 Å². The van der Waals surface area contributed by atoms with Gasteiger partial charge in [-0.3, -0.25) is 0 Å². The SMILES string of the molecule is CC(O)C(C)NCc1ccc2c(c1)OCO2. The van der Waals surface area contributed by atoms with E-state index in [1.807, 2.05) is 25.1 Å². The predicted octanol–water partition coefficient (Wildman–Crippen LogP) is 1.27. The van der Waals surface area contributed by atoms with Gasteiger partial charge in [-0.1, -0.05) is 6.07 Å². The number of fused-ring (bicyclic) bond motifs is 1. The highest BCUT2D eigenvalue weighted by Crippen LogP contribution is 2.32. The quantitative estimate of drug-likeness (QED) is 0.807. The number of aliphatic hydroxyl groups is 1. The van der Waals surface area contributed by atoms with Crippen LogP contribution in [-0.4, -0.2) is 24.0 Å². The largest absolute Gasteiger partial charge is 0.454 e. The summed E-state index contributed by atoms with van der Waals surface area (Å²) in [5.41, 5.74) is 1.12. The van der Waals surface area contributed by atoms with E-state index in [1.165, 1.54) is 0 Å². The highest BCUT2D eigenvalue weighted by molar-refractivity contribution is 5.44. The van der Waals surface area contributed by atoms with Crippen LogP contribution in [0.4, 0.5) is 0 Å². The van der Waals surface area contributed by atoms with E-state index in [-0.39, 0.29) is 12.1 Å². The van der Waals surface area contributed by atoms with Crippen LogP contribution in [0.15, 0.2) is 18.2 Å². The van der Waals surface area contributed by atoms with Gasteiger partial charge in [-0.05, 0) is 31.5 Å². The fraction of sp³-hybridized carbons (Fsp3) is 0.500. The number of rotatable bonds is 4. The van der Waals surface area contributed by atoms with E-state index in [9.17, 15) is 5.11 Å². The normalized spacial score (nSPS) is 17.2. The van der Waals surface area contributed by atoms with Crippen LogP contribution >= 0.6 is 0 Å². The summed E-state index contributed by atoms with van der Waals surface area (Å²) in [7, 11) is 0. The number of benzene rings is 1. The molecule has 0 saturated carbocycles. The number of ether oxygens (including phenoxy) is 2. The molecule has 0 saturated heterocycles. The van der Waals surface area contributed by atoms with Crippen molar-refractivity contribution in [2.24, 2.45) is 0 Å². The third kappa shape index (κ3) is 2.46. The minimum Gasteiger partial charge on any atom is -0.454 e. The molecule has 0 aromatic heterocycles. The fourth-order valence-corrected chi connectivity index (χ4v) is 1.50. The van der Waals surface area contributed by atoms with Crippen molar-refractivity contribution < 1.29 is 14.6 Å². The maximum absolute atomic E-state index is 9.35. The second kappa shape index (κ2) is 4.72. The summed E-state index contributed by atoms with van der Waals surface area (Å²) < 4.78 is 10.5. The Balaban J connectivity index is 1.95. The minimum atomic E-state index is -0.353. The molecule has 2 unspecified atom stereocenters. The van der Waals surface area contributed by atoms with Crippen LogP contribution in [0.3, 0.4) is 0 Å². The second-order valence-corrected chi connectivity index (χ2v) is 4.10. The summed E-state index contributed by atoms with van der Waals surface area (Å²) in [5, 5.41) is 12.6. The van der Waals surface area contributed by atoms with Gasteiger partial charge in [0.05, 0.1) is 6.10 Å². The topological polar surface area (TPSA) is 50.7 Å². The Kier molecular flexibility index (Phi) is 3.31. The molecule has 0 radical (unpaired) electrons. The molecule has 4 nitrogen and oxygen atoms in total. The highest BCUT2D eigenvalue weighted by atomic mass is 16.7. The zero-order valence-electron chi connectivity index (χ0n) is 9.56. The fourth-order valence-electron chi connectivity index (χ4n) is 1.50. The zero-order chi connectivity index (χ0) is 11.5. The molecule has 1 aromatic rings. The molecule has 1 aliphatic heterocycles. The molecular weight excluding hydrogens is 206 g/mol. The molecule has 0 fully saturated rings. The van der Waals surface area contributed by atoms with Crippen molar-refractivity contribution >= 4 is 0 Å². The number of hydrogen-bond acceptors (Lipinski definition) is 4. The first-order chi connectivity index (χ1) is 7.66. The average molecular weight is 223 g/mol. The Labute approximate surface area is 95.2 Å². The Bertz CT molecular complexity index is 365. The van der Waals surface area contributed by atoms with Crippen molar-refractivity contribution in [1.82, 2.24) is 5.32 Å². The molecule has 0 bridgehead atoms. The van der Waals surface area contributed by atoms with Crippen LogP contribution < -0.4 is 14.8 Å². The van der Waals surface area contributed by atoms with Gasteiger partial charge in [0.15, 0.2) is 11.5 Å². The molecule has 88 valence electrons. The second-order valence-electron chi connectivity index (χ2n) is 4.10. The number of aliphatic hydroxyl groups excluding tert-OH is 1. The first kappa shape index (κ1) is 11.2. The van der Waals surface area contributed by atoms with E-state index in [0.717, 1.165) is 17.1 Å². The summed E-state index contributed by atoms with van der Waals surface area (Å²) in [5.74, 6) is 1.59. The standard InChI is InChI=1S/C12H17NO3/c1-8(9(2)14)13-6-10-3-4-11-12(5-10)16-7-15-11/h3-5,8-9,13-14H,6-7H2,1-2H3. The van der Waals surface area contributed by atoms with Crippen LogP contribution in [0.5, 0.6) is 11.5 Å². The monoisotopic (exact) mass is 223 g/mol. The predicted molar refractivity (Wildman–Crippen MR) is 60.5 cm³/mol. The van der Waals surface area contributed by atoms with Crippen molar-refractivity contribution in [1.29, 1.82) is 0 Å². The van der Waals surface area contributed by atoms with Crippen LogP contribution in [0.1, 0.15) is 19.4 Å². The van der Waals surface area contributed by atoms with Gasteiger partial charge in [0.2, 0.25) is 6.79 Å². The minimum absolute atomic E-state index is 0.0745. The maximum Gasteiger partial charge on any atom is 0.231 e. The van der Waals surface area contributed by atoms with Crippen LogP contribution in [0.2, 0.25) is 0 Å². The summed E-state index contributed by atoms with van der Waals surface area (Å²) in [6, 6.07) is 5.94. The zero-order valence-corrected chi connectivity index (χ0v) is 9.56. The van der Waals surface area contributed by atoms with Crippen molar-refractivity contribution in [2.75, 3.05) is 6.79 Å². The Morgan fingerprint density at radius 3 is 2.81 bits per heavy atom. The summed E-state index contributed by atoms with van der Waals surface area (Å²) in [6.45, 7) is 4.74. The van der Waals surface area contributed by atoms with Crippen molar-refractivity contribution in [2.45, 2.75) is 32.5 Å². The molecule has 0 aliphatic carbocycles. The van der Waals surface area contributed by atoms with Crippen molar-refractivity contribution in [3.8, 4) is 11.5 Å². The Hall–Kier alpha value is -1.26. The molecule has 2 atom stereocenters. The van der Waals surface area contributed by atoms with E-state index in [4.69, 9.17) is 9.47 Å². The van der Waals surface area contributed by atoms with Gasteiger partial charge in [-0.25, -0.2) is 0 Å². The van der Waals surface area contributed by atoms with Gasteiger partial charge in [0.1, 0.15) is 0 Å². The molecule has 0 spiro atoms. The van der Waals surface area contributed by atoms with Gasteiger partial charge < -0.3 is 19.9 Å². The van der Waals surface area contributed by atoms with E-state index in [2.05, 4.69) is 5.32 Å². The molecule has 1 aliphatic rings. The molecule has 16 heavy (non-hydrogen) atoms. The number of nitrogens with one attached hydrogen (secondary N) is 1. The summed E-state index contributed by atoms with van der Waals surface area (Å²) in [6.07, 6.45) is -0.353. The third-order valence-corrected chi connectivity index (χ3v) is 2.79. The first-order valence-electron chi connectivity index (χ1n) is 5.47. The molecule has 2 N–H and O–H groups in total. The van der Waals surface area contributed by atoms with Gasteiger partial charge in [0, 0.05) is 12.6 Å². The summed E-state index contributed by atoms with van der Waals surface area (Å²) in [4.78, 5) is 0. The van der Waals surface area contributed by atoms with Gasteiger partial charge in [0.25, 0.3) is 0 Å². The van der Waals surface area contributed by atoms with Crippen LogP contribution in [-0.2, 0) is 6.54 Å². The van der Waals surface area contributed by atoms with E-state index in [0.29, 0.717) is 13.3 Å². The molecule has 1 aromatic carbocycles. The van der Waals surface area contributed by atoms with E-state index < -0.39 is 0 Å². The Morgan fingerprint density at radius 2 is 2.06 bits per heavy atom. The van der Waals surface area contributed by atoms with Crippen molar-refractivity contribution in [3.63, 3.8) is 0 Å². The molecule has 4 heteroatoms. The lowest BCUT2D eigenvalue weighted by Gasteiger charge is -2.16. The average Bonchev–Trinajstić information content (AvgIpc) is 2.72. The van der Waals surface area contributed by atoms with Crippen LogP contribution in [0, 0.1) is 0 Å². The molecule has 0 amide bonds. The summed E-state index contributed by atoms with van der Waals surface area (Å²) >= 11 is 0. The number of hydrogen-bond donors (Lipinski definition) is 2. The smallest absolute Gasteiger partial charge is 0.231 e. The molecule has 1 heterocycles. The first-order valence-corrected chi connectivity index (χ1v) is 5.47. The Morgan fingerprint density at radius 1 is 1.31 bits per heavy atom. The lowest BCUT2D eigenvalue weighted by atomic mass is 10.1. The van der Waals surface area contributed by atoms with Gasteiger partial charge in [-0.15, -0.1) is 0 Å².